The minimum Gasteiger partial charge on any atom is -0.319 e. The van der Waals surface area contributed by atoms with Gasteiger partial charge in [-0.05, 0) is 53.9 Å². The van der Waals surface area contributed by atoms with Gasteiger partial charge in [-0.15, -0.1) is 0 Å². The molecule has 0 spiro atoms. The molecule has 1 atom stereocenters. The van der Waals surface area contributed by atoms with E-state index in [2.05, 4.69) is 5.32 Å². The summed E-state index contributed by atoms with van der Waals surface area (Å²) in [6, 6.07) is 19.7. The molecule has 0 aliphatic carbocycles. The van der Waals surface area contributed by atoms with Gasteiger partial charge in [-0.25, -0.2) is 4.79 Å². The molecular weight excluding hydrogens is 452 g/mol. The molecule has 0 radical (unpaired) electrons. The lowest BCUT2D eigenvalue weighted by Crippen LogP contribution is -2.45. The van der Waals surface area contributed by atoms with Gasteiger partial charge < -0.3 is 10.2 Å². The molecule has 1 unspecified atom stereocenters. The van der Waals surface area contributed by atoms with Crippen molar-refractivity contribution in [2.24, 2.45) is 0 Å². The molecule has 3 aromatic rings. The number of benzene rings is 3. The SMILES string of the molecule is Cc1cc(N(CCC#N)C(=O)CN2C(=O)NC(C)(c3cccc4ccccc34)C2=O)ccc1Cl. The van der Waals surface area contributed by atoms with Gasteiger partial charge in [-0.1, -0.05) is 54.1 Å². The monoisotopic (exact) mass is 474 g/mol. The minimum absolute atomic E-state index is 0.0985. The summed E-state index contributed by atoms with van der Waals surface area (Å²) in [6.45, 7) is 3.14. The summed E-state index contributed by atoms with van der Waals surface area (Å²) in [5.41, 5.74) is 0.666. The van der Waals surface area contributed by atoms with Crippen LogP contribution in [0.5, 0.6) is 0 Å². The summed E-state index contributed by atoms with van der Waals surface area (Å²) in [7, 11) is 0. The Balaban J connectivity index is 1.63. The second-order valence-electron chi connectivity index (χ2n) is 8.36. The van der Waals surface area contributed by atoms with Crippen LogP contribution in [0.2, 0.25) is 5.02 Å². The van der Waals surface area contributed by atoms with Gasteiger partial charge in [0.05, 0.1) is 12.5 Å². The molecule has 1 aliphatic rings. The van der Waals surface area contributed by atoms with Crippen LogP contribution in [0.3, 0.4) is 0 Å². The van der Waals surface area contributed by atoms with E-state index in [0.717, 1.165) is 21.2 Å². The number of fused-ring (bicyclic) bond motifs is 1. The van der Waals surface area contributed by atoms with Gasteiger partial charge in [-0.2, -0.15) is 5.26 Å². The summed E-state index contributed by atoms with van der Waals surface area (Å²) in [4.78, 5) is 42.0. The Hall–Kier alpha value is -3.89. The number of anilines is 1. The van der Waals surface area contributed by atoms with Gasteiger partial charge >= 0.3 is 6.03 Å². The molecule has 1 heterocycles. The molecule has 0 aromatic heterocycles. The van der Waals surface area contributed by atoms with E-state index in [1.807, 2.05) is 55.5 Å². The molecule has 0 saturated carbocycles. The summed E-state index contributed by atoms with van der Waals surface area (Å²) in [6.07, 6.45) is 0.0985. The van der Waals surface area contributed by atoms with Crippen LogP contribution in [0.25, 0.3) is 10.8 Å². The lowest BCUT2D eigenvalue weighted by molar-refractivity contribution is -0.134. The number of rotatable bonds is 6. The van der Waals surface area contributed by atoms with Gasteiger partial charge in [0.15, 0.2) is 0 Å². The van der Waals surface area contributed by atoms with E-state index in [-0.39, 0.29) is 13.0 Å². The lowest BCUT2D eigenvalue weighted by atomic mass is 9.88. The maximum absolute atomic E-state index is 13.5. The number of nitriles is 1. The minimum atomic E-state index is -1.31. The number of aryl methyl sites for hydroxylation is 1. The van der Waals surface area contributed by atoms with Crippen LogP contribution in [-0.4, -0.2) is 35.8 Å². The van der Waals surface area contributed by atoms with Crippen molar-refractivity contribution < 1.29 is 14.4 Å². The third kappa shape index (κ3) is 4.09. The Labute approximate surface area is 202 Å². The molecule has 4 amide bonds. The Bertz CT molecular complexity index is 1340. The average Bonchev–Trinajstić information content (AvgIpc) is 3.04. The molecule has 4 rings (SSSR count). The third-order valence-corrected chi connectivity index (χ3v) is 6.52. The van der Waals surface area contributed by atoms with Crippen LogP contribution in [-0.2, 0) is 15.1 Å². The van der Waals surface area contributed by atoms with Crippen molar-refractivity contribution in [3.8, 4) is 6.07 Å². The number of urea groups is 1. The molecule has 172 valence electrons. The van der Waals surface area contributed by atoms with E-state index >= 15 is 0 Å². The van der Waals surface area contributed by atoms with Crippen molar-refractivity contribution in [2.45, 2.75) is 25.8 Å². The maximum atomic E-state index is 13.5. The predicted molar refractivity (Wildman–Crippen MR) is 130 cm³/mol. The van der Waals surface area contributed by atoms with Crippen LogP contribution in [0.15, 0.2) is 60.7 Å². The molecule has 34 heavy (non-hydrogen) atoms. The van der Waals surface area contributed by atoms with Crippen molar-refractivity contribution in [1.29, 1.82) is 5.26 Å². The molecule has 1 aliphatic heterocycles. The number of carbonyl (C=O) groups is 3. The van der Waals surface area contributed by atoms with E-state index in [0.29, 0.717) is 16.3 Å². The van der Waals surface area contributed by atoms with Crippen molar-refractivity contribution in [3.63, 3.8) is 0 Å². The fourth-order valence-electron chi connectivity index (χ4n) is 4.26. The average molecular weight is 475 g/mol. The highest BCUT2D eigenvalue weighted by Gasteiger charge is 2.50. The van der Waals surface area contributed by atoms with E-state index in [1.165, 1.54) is 4.90 Å². The Morgan fingerprint density at radius 2 is 1.88 bits per heavy atom. The van der Waals surface area contributed by atoms with Crippen LogP contribution >= 0.6 is 11.6 Å². The van der Waals surface area contributed by atoms with Gasteiger partial charge in [0, 0.05) is 17.3 Å². The first-order valence-corrected chi connectivity index (χ1v) is 11.2. The Morgan fingerprint density at radius 1 is 1.15 bits per heavy atom. The molecule has 3 aromatic carbocycles. The van der Waals surface area contributed by atoms with Crippen LogP contribution in [0.1, 0.15) is 24.5 Å². The zero-order chi connectivity index (χ0) is 24.5. The van der Waals surface area contributed by atoms with Crippen LogP contribution in [0.4, 0.5) is 10.5 Å². The fraction of sp³-hybridized carbons (Fsp3) is 0.231. The normalized spacial score (nSPS) is 17.5. The van der Waals surface area contributed by atoms with E-state index in [4.69, 9.17) is 16.9 Å². The summed E-state index contributed by atoms with van der Waals surface area (Å²) in [5.74, 6) is -0.975. The van der Waals surface area contributed by atoms with Crippen LogP contribution < -0.4 is 10.2 Å². The van der Waals surface area contributed by atoms with Gasteiger partial charge in [0.2, 0.25) is 5.91 Å². The predicted octanol–water partition coefficient (Wildman–Crippen LogP) is 4.52. The molecular formula is C26H23ClN4O3. The summed E-state index contributed by atoms with van der Waals surface area (Å²) >= 11 is 6.11. The first-order valence-electron chi connectivity index (χ1n) is 10.8. The maximum Gasteiger partial charge on any atom is 0.325 e. The summed E-state index contributed by atoms with van der Waals surface area (Å²) in [5, 5.41) is 14.2. The largest absolute Gasteiger partial charge is 0.325 e. The number of nitrogens with zero attached hydrogens (tertiary/aromatic N) is 3. The Kier molecular flexibility index (Phi) is 6.27. The molecule has 1 saturated heterocycles. The van der Waals surface area contributed by atoms with Crippen molar-refractivity contribution in [3.05, 3.63) is 76.8 Å². The van der Waals surface area contributed by atoms with Crippen molar-refractivity contribution in [2.75, 3.05) is 18.0 Å². The highest BCUT2D eigenvalue weighted by Crippen LogP contribution is 2.34. The second-order valence-corrected chi connectivity index (χ2v) is 8.77. The first kappa shape index (κ1) is 23.3. The van der Waals surface area contributed by atoms with Gasteiger partial charge in [0.1, 0.15) is 12.1 Å². The molecule has 1 fully saturated rings. The molecule has 7 nitrogen and oxygen atoms in total. The topological polar surface area (TPSA) is 93.5 Å². The van der Waals surface area contributed by atoms with Crippen LogP contribution in [0, 0.1) is 18.3 Å². The first-order chi connectivity index (χ1) is 16.3. The number of nitrogens with one attached hydrogen (secondary N) is 1. The van der Waals surface area contributed by atoms with Gasteiger partial charge in [-0.3, -0.25) is 14.5 Å². The number of halogens is 1. The number of hydrogen-bond donors (Lipinski definition) is 1. The number of imide groups is 1. The third-order valence-electron chi connectivity index (χ3n) is 6.10. The lowest BCUT2D eigenvalue weighted by Gasteiger charge is -2.26. The smallest absolute Gasteiger partial charge is 0.319 e. The van der Waals surface area contributed by atoms with E-state index < -0.39 is 29.9 Å². The second kappa shape index (κ2) is 9.16. The highest BCUT2D eigenvalue weighted by atomic mass is 35.5. The standard InChI is InChI=1S/C26H23ClN4O3/c1-17-15-19(11-12-22(17)27)30(14-6-13-28)23(32)16-31-24(33)26(2,29-25(31)34)21-10-5-8-18-7-3-4-9-20(18)21/h3-5,7-12,15H,6,14,16H2,1-2H3,(H,29,34). The Morgan fingerprint density at radius 3 is 2.62 bits per heavy atom. The zero-order valence-electron chi connectivity index (χ0n) is 18.8. The van der Waals surface area contributed by atoms with Crippen molar-refractivity contribution in [1.82, 2.24) is 10.2 Å². The van der Waals surface area contributed by atoms with Crippen molar-refractivity contribution >= 4 is 45.9 Å². The quantitative estimate of drug-likeness (QED) is 0.531. The van der Waals surface area contributed by atoms with E-state index in [9.17, 15) is 14.4 Å². The number of carbonyl (C=O) groups excluding carboxylic acids is 3. The molecule has 1 N–H and O–H groups in total. The molecule has 8 heteroatoms. The highest BCUT2D eigenvalue weighted by molar-refractivity contribution is 6.31. The van der Waals surface area contributed by atoms with E-state index in [1.54, 1.807) is 25.1 Å². The molecule has 0 bridgehead atoms. The van der Waals surface area contributed by atoms with Gasteiger partial charge in [0.25, 0.3) is 5.91 Å². The number of amides is 4. The fourth-order valence-corrected chi connectivity index (χ4v) is 4.38. The summed E-state index contributed by atoms with van der Waals surface area (Å²) < 4.78 is 0. The zero-order valence-corrected chi connectivity index (χ0v) is 19.6. The number of hydrogen-bond acceptors (Lipinski definition) is 4.